The van der Waals surface area contributed by atoms with Crippen LogP contribution in [0.3, 0.4) is 0 Å². The van der Waals surface area contributed by atoms with Crippen LogP contribution in [0.2, 0.25) is 0 Å². The van der Waals surface area contributed by atoms with E-state index >= 15 is 0 Å². The second-order valence-electron chi connectivity index (χ2n) is 5.75. The molecular formula is C18H20FN3O5S2. The minimum atomic E-state index is -4.15. The number of halogens is 1. The number of aromatic nitrogens is 1. The van der Waals surface area contributed by atoms with Crippen molar-refractivity contribution >= 4 is 38.4 Å². The number of hydrogen-bond donors (Lipinski definition) is 1. The molecule has 0 fully saturated rings. The molecule has 1 aromatic carbocycles. The number of nitrogens with one attached hydrogen (secondary N) is 1. The minimum Gasteiger partial charge on any atom is -0.456 e. The number of benzene rings is 1. The molecule has 1 amide bonds. The third kappa shape index (κ3) is 5.68. The quantitative estimate of drug-likeness (QED) is 0.473. The zero-order valence-electron chi connectivity index (χ0n) is 15.8. The van der Waals surface area contributed by atoms with Crippen LogP contribution in [0.1, 0.15) is 29.9 Å². The van der Waals surface area contributed by atoms with Gasteiger partial charge in [0.1, 0.15) is 17.3 Å². The molecule has 0 spiro atoms. The summed E-state index contributed by atoms with van der Waals surface area (Å²) in [6, 6.07) is 2.92. The van der Waals surface area contributed by atoms with E-state index in [-0.39, 0.29) is 24.6 Å². The van der Waals surface area contributed by atoms with E-state index in [9.17, 15) is 22.4 Å². The zero-order valence-corrected chi connectivity index (χ0v) is 17.5. The van der Waals surface area contributed by atoms with E-state index in [2.05, 4.69) is 16.3 Å². The standard InChI is InChI=1S/C18H20FN3O5S2/c1-4-8-20-29(25,26)16-9-13(6-7-15(16)19)17(24)27-10-14-11-28-18(21-14)22(5-2)12(3)23/h4,6-7,9,11,20H,1,5,8,10H2,2-3H3. The maximum Gasteiger partial charge on any atom is 0.338 e. The highest BCUT2D eigenvalue weighted by molar-refractivity contribution is 7.89. The summed E-state index contributed by atoms with van der Waals surface area (Å²) >= 11 is 1.23. The second-order valence-corrected chi connectivity index (χ2v) is 8.32. The molecule has 2 rings (SSSR count). The van der Waals surface area contributed by atoms with Crippen LogP contribution < -0.4 is 9.62 Å². The van der Waals surface area contributed by atoms with Crippen LogP contribution in [0.25, 0.3) is 0 Å². The number of nitrogens with zero attached hydrogens (tertiary/aromatic N) is 2. The van der Waals surface area contributed by atoms with Crippen LogP contribution >= 0.6 is 11.3 Å². The fraction of sp³-hybridized carbons (Fsp3) is 0.278. The molecule has 0 saturated heterocycles. The molecule has 11 heteroatoms. The summed E-state index contributed by atoms with van der Waals surface area (Å²) in [6.07, 6.45) is 1.31. The van der Waals surface area contributed by atoms with Gasteiger partial charge in [0.15, 0.2) is 5.13 Å². The van der Waals surface area contributed by atoms with Crippen molar-refractivity contribution in [2.75, 3.05) is 18.0 Å². The molecule has 0 bridgehead atoms. The largest absolute Gasteiger partial charge is 0.456 e. The highest BCUT2D eigenvalue weighted by Crippen LogP contribution is 2.22. The Kier molecular flexibility index (Phi) is 7.59. The van der Waals surface area contributed by atoms with Crippen molar-refractivity contribution in [1.82, 2.24) is 9.71 Å². The third-order valence-electron chi connectivity index (χ3n) is 3.69. The monoisotopic (exact) mass is 441 g/mol. The van der Waals surface area contributed by atoms with E-state index in [0.29, 0.717) is 17.4 Å². The number of anilines is 1. The lowest BCUT2D eigenvalue weighted by atomic mass is 10.2. The first kappa shape index (κ1) is 22.7. The Labute approximate surface area is 172 Å². The summed E-state index contributed by atoms with van der Waals surface area (Å²) in [5.41, 5.74) is 0.306. The summed E-state index contributed by atoms with van der Waals surface area (Å²) in [7, 11) is -4.15. The molecule has 1 aromatic heterocycles. The van der Waals surface area contributed by atoms with Gasteiger partial charge in [0.05, 0.1) is 11.3 Å². The van der Waals surface area contributed by atoms with Crippen LogP contribution in [-0.2, 0) is 26.2 Å². The molecule has 0 unspecified atom stereocenters. The second kappa shape index (κ2) is 9.72. The topological polar surface area (TPSA) is 106 Å². The van der Waals surface area contributed by atoms with Gasteiger partial charge < -0.3 is 4.74 Å². The average molecular weight is 442 g/mol. The van der Waals surface area contributed by atoms with Crippen molar-refractivity contribution < 1.29 is 27.1 Å². The maximum atomic E-state index is 13.9. The smallest absolute Gasteiger partial charge is 0.338 e. The van der Waals surface area contributed by atoms with Gasteiger partial charge in [-0.05, 0) is 25.1 Å². The summed E-state index contributed by atoms with van der Waals surface area (Å²) in [5, 5.41) is 2.13. The van der Waals surface area contributed by atoms with Crippen LogP contribution in [0, 0.1) is 5.82 Å². The molecule has 29 heavy (non-hydrogen) atoms. The fourth-order valence-corrected chi connectivity index (χ4v) is 4.30. The van der Waals surface area contributed by atoms with Gasteiger partial charge in [-0.1, -0.05) is 6.08 Å². The van der Waals surface area contributed by atoms with E-state index in [1.165, 1.54) is 29.2 Å². The minimum absolute atomic E-state index is 0.0857. The van der Waals surface area contributed by atoms with E-state index in [1.807, 2.05) is 6.92 Å². The number of hydrogen-bond acceptors (Lipinski definition) is 7. The SMILES string of the molecule is C=CCNS(=O)(=O)c1cc(C(=O)OCc2csc(N(CC)C(C)=O)n2)ccc1F. The summed E-state index contributed by atoms with van der Waals surface area (Å²) in [5.74, 6) is -1.99. The summed E-state index contributed by atoms with van der Waals surface area (Å²) in [6.45, 7) is 6.81. The molecular weight excluding hydrogens is 421 g/mol. The molecule has 2 aromatic rings. The Hall–Kier alpha value is -2.63. The van der Waals surface area contributed by atoms with E-state index in [4.69, 9.17) is 4.74 Å². The van der Waals surface area contributed by atoms with Crippen molar-refractivity contribution in [2.45, 2.75) is 25.3 Å². The van der Waals surface area contributed by atoms with Gasteiger partial charge in [-0.3, -0.25) is 9.69 Å². The molecule has 0 atom stereocenters. The van der Waals surface area contributed by atoms with Gasteiger partial charge in [-0.15, -0.1) is 17.9 Å². The number of ether oxygens (including phenoxy) is 1. The van der Waals surface area contributed by atoms with Crippen LogP contribution in [0.5, 0.6) is 0 Å². The lowest BCUT2D eigenvalue weighted by molar-refractivity contribution is -0.116. The van der Waals surface area contributed by atoms with Gasteiger partial charge in [-0.25, -0.2) is 27.3 Å². The van der Waals surface area contributed by atoms with Gasteiger partial charge in [0, 0.05) is 25.4 Å². The molecule has 0 aliphatic rings. The van der Waals surface area contributed by atoms with Crippen LogP contribution in [0.15, 0.2) is 41.1 Å². The van der Waals surface area contributed by atoms with E-state index < -0.39 is 26.7 Å². The third-order valence-corrected chi connectivity index (χ3v) is 6.04. The Morgan fingerprint density at radius 2 is 2.14 bits per heavy atom. The number of amides is 1. The van der Waals surface area contributed by atoms with Crippen molar-refractivity contribution in [3.8, 4) is 0 Å². The Balaban J connectivity index is 2.12. The number of carbonyl (C=O) groups excluding carboxylic acids is 2. The van der Waals surface area contributed by atoms with Gasteiger partial charge in [0.25, 0.3) is 0 Å². The predicted octanol–water partition coefficient (Wildman–Crippen LogP) is 2.48. The maximum absolute atomic E-state index is 13.9. The van der Waals surface area contributed by atoms with Crippen molar-refractivity contribution in [1.29, 1.82) is 0 Å². The van der Waals surface area contributed by atoms with E-state index in [1.54, 1.807) is 5.38 Å². The Morgan fingerprint density at radius 1 is 1.41 bits per heavy atom. The molecule has 8 nitrogen and oxygen atoms in total. The van der Waals surface area contributed by atoms with Crippen molar-refractivity contribution in [3.05, 3.63) is 53.3 Å². The highest BCUT2D eigenvalue weighted by atomic mass is 32.2. The first-order valence-corrected chi connectivity index (χ1v) is 10.9. The molecule has 0 aliphatic heterocycles. The fourth-order valence-electron chi connectivity index (χ4n) is 2.28. The number of carbonyl (C=O) groups is 2. The Morgan fingerprint density at radius 3 is 2.76 bits per heavy atom. The molecule has 0 saturated carbocycles. The molecule has 1 N–H and O–H groups in total. The van der Waals surface area contributed by atoms with Gasteiger partial charge in [-0.2, -0.15) is 0 Å². The normalized spacial score (nSPS) is 11.1. The highest BCUT2D eigenvalue weighted by Gasteiger charge is 2.21. The summed E-state index contributed by atoms with van der Waals surface area (Å²) < 4.78 is 45.5. The van der Waals surface area contributed by atoms with Crippen molar-refractivity contribution in [2.24, 2.45) is 0 Å². The number of thiazole rings is 1. The number of rotatable bonds is 9. The first-order chi connectivity index (χ1) is 13.7. The molecule has 0 radical (unpaired) electrons. The first-order valence-electron chi connectivity index (χ1n) is 8.49. The van der Waals surface area contributed by atoms with Gasteiger partial charge in [0.2, 0.25) is 15.9 Å². The molecule has 1 heterocycles. The predicted molar refractivity (Wildman–Crippen MR) is 107 cm³/mol. The van der Waals surface area contributed by atoms with E-state index in [0.717, 1.165) is 18.2 Å². The lowest BCUT2D eigenvalue weighted by Gasteiger charge is -2.14. The molecule has 156 valence electrons. The van der Waals surface area contributed by atoms with Crippen LogP contribution in [0.4, 0.5) is 9.52 Å². The molecule has 0 aliphatic carbocycles. The van der Waals surface area contributed by atoms with Gasteiger partial charge >= 0.3 is 5.97 Å². The number of esters is 1. The zero-order chi connectivity index (χ0) is 21.6. The van der Waals surface area contributed by atoms with Crippen molar-refractivity contribution in [3.63, 3.8) is 0 Å². The summed E-state index contributed by atoms with van der Waals surface area (Å²) in [4.78, 5) is 28.9. The van der Waals surface area contributed by atoms with Crippen LogP contribution in [-0.4, -0.2) is 38.4 Å². The lowest BCUT2D eigenvalue weighted by Crippen LogP contribution is -2.27. The Bertz CT molecular complexity index is 1020. The number of sulfonamides is 1. The average Bonchev–Trinajstić information content (AvgIpc) is 3.13.